The molecule has 0 amide bonds. The van der Waals surface area contributed by atoms with Crippen molar-refractivity contribution in [3.63, 3.8) is 0 Å². The summed E-state index contributed by atoms with van der Waals surface area (Å²) in [7, 11) is 0. The van der Waals surface area contributed by atoms with Crippen LogP contribution in [0.15, 0.2) is 11.6 Å². The molecule has 3 heteroatoms. The molecule has 4 aliphatic carbocycles. The minimum Gasteiger partial charge on any atom is -0.362 e. The smallest absolute Gasteiger partial charge is 0.186 e. The largest absolute Gasteiger partial charge is 0.362 e. The molecule has 4 aliphatic rings. The van der Waals surface area contributed by atoms with Crippen LogP contribution in [0.2, 0.25) is 0 Å². The first-order chi connectivity index (χ1) is 10.3. The van der Waals surface area contributed by atoms with Crippen molar-refractivity contribution < 1.29 is 10.2 Å². The molecule has 0 aliphatic heterocycles. The quantitative estimate of drug-likeness (QED) is 0.476. The van der Waals surface area contributed by atoms with Crippen molar-refractivity contribution in [1.82, 2.24) is 0 Å². The summed E-state index contributed by atoms with van der Waals surface area (Å²) in [6, 6.07) is 0.221. The molecule has 0 heterocycles. The summed E-state index contributed by atoms with van der Waals surface area (Å²) in [4.78, 5) is 0. The van der Waals surface area contributed by atoms with Crippen molar-refractivity contribution in [1.29, 1.82) is 0 Å². The van der Waals surface area contributed by atoms with Gasteiger partial charge >= 0.3 is 0 Å². The maximum Gasteiger partial charge on any atom is 0.186 e. The minimum absolute atomic E-state index is 0.0355. The summed E-state index contributed by atoms with van der Waals surface area (Å²) in [5.74, 6) is -0.904. The van der Waals surface area contributed by atoms with E-state index in [9.17, 15) is 10.2 Å². The molecule has 4 N–H and O–H groups in total. The average molecular weight is 305 g/mol. The second-order valence-electron chi connectivity index (χ2n) is 9.04. The fraction of sp³-hybridized carbons (Fsp3) is 0.895. The first kappa shape index (κ1) is 15.2. The van der Waals surface area contributed by atoms with Crippen LogP contribution in [0.3, 0.4) is 0 Å². The molecule has 0 aromatic heterocycles. The number of hydrogen-bond donors (Lipinski definition) is 3. The Bertz CT molecular complexity index is 514. The summed E-state index contributed by atoms with van der Waals surface area (Å²) in [5, 5.41) is 21.8. The van der Waals surface area contributed by atoms with Crippen LogP contribution in [0.5, 0.6) is 0 Å². The van der Waals surface area contributed by atoms with Crippen molar-refractivity contribution in [2.24, 2.45) is 34.3 Å². The second kappa shape index (κ2) is 4.58. The number of rotatable bonds is 0. The highest BCUT2D eigenvalue weighted by Gasteiger charge is 2.63. The molecule has 3 fully saturated rings. The first-order valence-electron chi connectivity index (χ1n) is 9.21. The second-order valence-corrected chi connectivity index (χ2v) is 9.04. The zero-order chi connectivity index (χ0) is 15.8. The summed E-state index contributed by atoms with van der Waals surface area (Å²) >= 11 is 0. The molecule has 0 bridgehead atoms. The van der Waals surface area contributed by atoms with Gasteiger partial charge in [0, 0.05) is 12.0 Å². The SMILES string of the molecule is C[C@]12CCCCC1=CC(O)(O)[C@@H]1[C@H]2CC[C@]2(C)C(N)CC[C@@H]12. The molecule has 0 spiro atoms. The van der Waals surface area contributed by atoms with Crippen LogP contribution in [0.1, 0.15) is 65.2 Å². The van der Waals surface area contributed by atoms with Gasteiger partial charge in [0.2, 0.25) is 0 Å². The monoisotopic (exact) mass is 305 g/mol. The van der Waals surface area contributed by atoms with Crippen molar-refractivity contribution in [2.75, 3.05) is 0 Å². The fourth-order valence-corrected chi connectivity index (χ4v) is 6.75. The number of nitrogens with two attached hydrogens (primary N) is 1. The molecule has 0 radical (unpaired) electrons. The Morgan fingerprint density at radius 3 is 2.59 bits per heavy atom. The molecule has 124 valence electrons. The third-order valence-corrected chi connectivity index (χ3v) is 8.17. The summed E-state index contributed by atoms with van der Waals surface area (Å²) in [5.41, 5.74) is 8.01. The molecule has 4 rings (SSSR count). The maximum atomic E-state index is 10.9. The first-order valence-corrected chi connectivity index (χ1v) is 9.21. The van der Waals surface area contributed by atoms with Gasteiger partial charge in [0.1, 0.15) is 0 Å². The number of hydrogen-bond acceptors (Lipinski definition) is 3. The Morgan fingerprint density at radius 1 is 1.05 bits per heavy atom. The van der Waals surface area contributed by atoms with E-state index < -0.39 is 5.79 Å². The van der Waals surface area contributed by atoms with Gasteiger partial charge in [0.25, 0.3) is 0 Å². The zero-order valence-corrected chi connectivity index (χ0v) is 14.0. The van der Waals surface area contributed by atoms with E-state index in [-0.39, 0.29) is 22.8 Å². The van der Waals surface area contributed by atoms with Crippen LogP contribution in [0, 0.1) is 28.6 Å². The Labute approximate surface area is 134 Å². The van der Waals surface area contributed by atoms with E-state index in [2.05, 4.69) is 13.8 Å². The lowest BCUT2D eigenvalue weighted by Crippen LogP contribution is -2.60. The number of aliphatic hydroxyl groups is 2. The number of fused-ring (bicyclic) bond motifs is 5. The molecule has 0 aromatic carbocycles. The third-order valence-electron chi connectivity index (χ3n) is 8.17. The Morgan fingerprint density at radius 2 is 1.82 bits per heavy atom. The minimum atomic E-state index is -1.63. The lowest BCUT2D eigenvalue weighted by atomic mass is 9.46. The Hall–Kier alpha value is -0.380. The van der Waals surface area contributed by atoms with Gasteiger partial charge in [-0.05, 0) is 73.7 Å². The maximum absolute atomic E-state index is 10.9. The van der Waals surface area contributed by atoms with Crippen molar-refractivity contribution in [2.45, 2.75) is 77.0 Å². The highest BCUT2D eigenvalue weighted by molar-refractivity contribution is 5.29. The fourth-order valence-electron chi connectivity index (χ4n) is 6.75. The van der Waals surface area contributed by atoms with Crippen LogP contribution in [0.4, 0.5) is 0 Å². The van der Waals surface area contributed by atoms with Crippen molar-refractivity contribution >= 4 is 0 Å². The van der Waals surface area contributed by atoms with E-state index >= 15 is 0 Å². The van der Waals surface area contributed by atoms with Gasteiger partial charge in [0.15, 0.2) is 5.79 Å². The predicted molar refractivity (Wildman–Crippen MR) is 86.8 cm³/mol. The molecular weight excluding hydrogens is 274 g/mol. The van der Waals surface area contributed by atoms with Crippen LogP contribution in [0.25, 0.3) is 0 Å². The van der Waals surface area contributed by atoms with Gasteiger partial charge in [-0.2, -0.15) is 0 Å². The molecule has 22 heavy (non-hydrogen) atoms. The van der Waals surface area contributed by atoms with Gasteiger partial charge in [-0.15, -0.1) is 0 Å². The highest BCUT2D eigenvalue weighted by atomic mass is 16.5. The van der Waals surface area contributed by atoms with E-state index in [1.165, 1.54) is 24.8 Å². The molecule has 3 saturated carbocycles. The van der Waals surface area contributed by atoms with Gasteiger partial charge < -0.3 is 15.9 Å². The van der Waals surface area contributed by atoms with Crippen LogP contribution in [-0.2, 0) is 0 Å². The molecule has 0 aromatic rings. The van der Waals surface area contributed by atoms with E-state index in [1.807, 2.05) is 6.08 Å². The van der Waals surface area contributed by atoms with Gasteiger partial charge in [-0.3, -0.25) is 0 Å². The Balaban J connectivity index is 1.80. The molecule has 0 saturated heterocycles. The lowest BCUT2D eigenvalue weighted by Gasteiger charge is -2.60. The topological polar surface area (TPSA) is 66.5 Å². The summed E-state index contributed by atoms with van der Waals surface area (Å²) in [6.45, 7) is 4.69. The van der Waals surface area contributed by atoms with Gasteiger partial charge in [-0.25, -0.2) is 0 Å². The van der Waals surface area contributed by atoms with Gasteiger partial charge in [0.05, 0.1) is 0 Å². The Kier molecular flexibility index (Phi) is 3.16. The summed E-state index contributed by atoms with van der Waals surface area (Å²) < 4.78 is 0. The zero-order valence-electron chi connectivity index (χ0n) is 14.0. The molecular formula is C19H31NO2. The van der Waals surface area contributed by atoms with E-state index in [4.69, 9.17) is 5.73 Å². The van der Waals surface area contributed by atoms with Gasteiger partial charge in [-0.1, -0.05) is 25.8 Å². The number of allylic oxidation sites excluding steroid dienone is 1. The summed E-state index contributed by atoms with van der Waals surface area (Å²) in [6.07, 6.45) is 10.9. The third kappa shape index (κ3) is 1.79. The molecule has 6 atom stereocenters. The normalized spacial score (nSPS) is 53.2. The van der Waals surface area contributed by atoms with E-state index in [0.717, 1.165) is 32.1 Å². The standard InChI is InChI=1S/C19H31NO2/c1-17-9-4-3-5-12(17)11-19(21,22)16-13-6-7-15(20)18(13,2)10-8-14(16)17/h11,13-16,21-22H,3-10,20H2,1-2H3/t13-,14+,15?,16-,17-,18-/m0/s1. The molecule has 1 unspecified atom stereocenters. The van der Waals surface area contributed by atoms with E-state index in [0.29, 0.717) is 11.8 Å². The van der Waals surface area contributed by atoms with Crippen LogP contribution in [-0.4, -0.2) is 22.0 Å². The van der Waals surface area contributed by atoms with Crippen molar-refractivity contribution in [3.05, 3.63) is 11.6 Å². The highest BCUT2D eigenvalue weighted by Crippen LogP contribution is 2.66. The van der Waals surface area contributed by atoms with Crippen LogP contribution >= 0.6 is 0 Å². The molecule has 3 nitrogen and oxygen atoms in total. The predicted octanol–water partition coefficient (Wildman–Crippen LogP) is 2.96. The van der Waals surface area contributed by atoms with Crippen LogP contribution < -0.4 is 5.73 Å². The lowest BCUT2D eigenvalue weighted by molar-refractivity contribution is -0.232. The van der Waals surface area contributed by atoms with E-state index in [1.54, 1.807) is 0 Å². The van der Waals surface area contributed by atoms with Crippen molar-refractivity contribution in [3.8, 4) is 0 Å². The average Bonchev–Trinajstić information content (AvgIpc) is 2.75.